The van der Waals surface area contributed by atoms with Gasteiger partial charge in [0.25, 0.3) is 0 Å². The van der Waals surface area contributed by atoms with Gasteiger partial charge in [0, 0.05) is 12.4 Å². The van der Waals surface area contributed by atoms with Crippen LogP contribution in [0.15, 0.2) is 17.3 Å². The van der Waals surface area contributed by atoms with Crippen LogP contribution in [0.5, 0.6) is 0 Å². The van der Waals surface area contributed by atoms with Crippen LogP contribution >= 0.6 is 0 Å². The van der Waals surface area contributed by atoms with Gasteiger partial charge in [0.05, 0.1) is 0 Å². The minimum Gasteiger partial charge on any atom is -0.271 e. The number of hydrogen-bond acceptors (Lipinski definition) is 3. The maximum Gasteiger partial charge on any atom is 0.472 e. The summed E-state index contributed by atoms with van der Waals surface area (Å²) in [5, 5.41) is 0.940. The highest BCUT2D eigenvalue weighted by Crippen LogP contribution is 2.14. The van der Waals surface area contributed by atoms with Crippen LogP contribution in [0.2, 0.25) is 0 Å². The number of alkyl halides is 3. The van der Waals surface area contributed by atoms with Crippen LogP contribution in [0.3, 0.4) is 0 Å². The fraction of sp³-hybridized carbons (Fsp3) is 0.333. The van der Waals surface area contributed by atoms with Crippen molar-refractivity contribution in [2.24, 2.45) is 4.99 Å². The number of nitrogens with one attached hydrogen (secondary N) is 1. The quantitative estimate of drug-likeness (QED) is 0.656. The highest BCUT2D eigenvalue weighted by atomic mass is 19.4. The molecule has 1 rings (SSSR count). The van der Waals surface area contributed by atoms with Crippen molar-refractivity contribution in [1.82, 2.24) is 10.4 Å². The van der Waals surface area contributed by atoms with Crippen LogP contribution in [-0.4, -0.2) is 30.0 Å². The van der Waals surface area contributed by atoms with E-state index in [9.17, 15) is 18.0 Å². The molecule has 0 spiro atoms. The Morgan fingerprint density at radius 3 is 2.69 bits per heavy atom. The molecule has 72 valence electrons. The van der Waals surface area contributed by atoms with Crippen molar-refractivity contribution in [2.45, 2.75) is 6.18 Å². The third-order valence-electron chi connectivity index (χ3n) is 1.19. The standard InChI is InChI=1S/C6H6F3N3O/c7-6(8,9)5(13)11-12-3-1-2-10-4-12/h1-3H,4H2,(H,11,13). The van der Waals surface area contributed by atoms with Crippen molar-refractivity contribution in [3.8, 4) is 0 Å². The van der Waals surface area contributed by atoms with Crippen LogP contribution in [0.25, 0.3) is 0 Å². The molecular formula is C6H6F3N3O. The molecule has 13 heavy (non-hydrogen) atoms. The predicted molar refractivity (Wildman–Crippen MR) is 38.5 cm³/mol. The molecule has 0 bridgehead atoms. The van der Waals surface area contributed by atoms with Crippen molar-refractivity contribution in [3.05, 3.63) is 12.3 Å². The molecule has 1 aliphatic heterocycles. The summed E-state index contributed by atoms with van der Waals surface area (Å²) >= 11 is 0. The summed E-state index contributed by atoms with van der Waals surface area (Å²) < 4.78 is 35.1. The second-order valence-electron chi connectivity index (χ2n) is 2.22. The van der Waals surface area contributed by atoms with Crippen LogP contribution < -0.4 is 5.43 Å². The zero-order valence-corrected chi connectivity index (χ0v) is 6.38. The molecule has 0 aromatic rings. The summed E-state index contributed by atoms with van der Waals surface area (Å²) in [7, 11) is 0. The van der Waals surface area contributed by atoms with Gasteiger partial charge in [0.1, 0.15) is 6.67 Å². The van der Waals surface area contributed by atoms with E-state index in [1.54, 1.807) is 5.43 Å². The average molecular weight is 193 g/mol. The highest BCUT2D eigenvalue weighted by Gasteiger charge is 2.39. The van der Waals surface area contributed by atoms with Crippen molar-refractivity contribution in [2.75, 3.05) is 6.67 Å². The fourth-order valence-electron chi connectivity index (χ4n) is 0.652. The Morgan fingerprint density at radius 2 is 2.23 bits per heavy atom. The smallest absolute Gasteiger partial charge is 0.271 e. The van der Waals surface area contributed by atoms with E-state index in [2.05, 4.69) is 4.99 Å². The van der Waals surface area contributed by atoms with Gasteiger partial charge in [0.15, 0.2) is 0 Å². The van der Waals surface area contributed by atoms with Gasteiger partial charge in [-0.25, -0.2) is 0 Å². The number of hydrogen-bond donors (Lipinski definition) is 1. The van der Waals surface area contributed by atoms with E-state index < -0.39 is 12.1 Å². The molecule has 1 N–H and O–H groups in total. The number of allylic oxidation sites excluding steroid dienone is 1. The highest BCUT2D eigenvalue weighted by molar-refractivity contribution is 5.81. The molecule has 0 unspecified atom stereocenters. The molecule has 1 amide bonds. The van der Waals surface area contributed by atoms with Gasteiger partial charge in [-0.1, -0.05) is 0 Å². The Kier molecular flexibility index (Phi) is 2.54. The lowest BCUT2D eigenvalue weighted by Gasteiger charge is -2.20. The predicted octanol–water partition coefficient (Wildman–Crippen LogP) is 0.438. The number of nitrogens with zero attached hydrogens (tertiary/aromatic N) is 2. The minimum absolute atomic E-state index is 0.0156. The molecule has 0 radical (unpaired) electrons. The SMILES string of the molecule is O=C(NN1C=CC=NC1)C(F)(F)F. The molecule has 0 atom stereocenters. The second kappa shape index (κ2) is 3.46. The molecule has 0 saturated heterocycles. The Labute approximate surface area is 71.7 Å². The molecule has 0 aromatic heterocycles. The molecule has 1 aliphatic rings. The molecular weight excluding hydrogens is 187 g/mol. The fourth-order valence-corrected chi connectivity index (χ4v) is 0.652. The Morgan fingerprint density at radius 1 is 1.54 bits per heavy atom. The summed E-state index contributed by atoms with van der Waals surface area (Å²) in [4.78, 5) is 14.0. The summed E-state index contributed by atoms with van der Waals surface area (Å²) in [5.74, 6) is -2.01. The largest absolute Gasteiger partial charge is 0.472 e. The normalized spacial score (nSPS) is 16.1. The first kappa shape index (κ1) is 9.56. The van der Waals surface area contributed by atoms with Gasteiger partial charge >= 0.3 is 12.1 Å². The van der Waals surface area contributed by atoms with Crippen molar-refractivity contribution in [1.29, 1.82) is 0 Å². The Hall–Kier alpha value is -1.53. The zero-order chi connectivity index (χ0) is 9.90. The lowest BCUT2D eigenvalue weighted by atomic mass is 10.6. The van der Waals surface area contributed by atoms with Gasteiger partial charge in [-0.15, -0.1) is 0 Å². The first-order valence-electron chi connectivity index (χ1n) is 3.31. The van der Waals surface area contributed by atoms with Crippen LogP contribution in [0.4, 0.5) is 13.2 Å². The van der Waals surface area contributed by atoms with Crippen LogP contribution in [0, 0.1) is 0 Å². The Bertz CT molecular complexity index is 258. The Balaban J connectivity index is 2.46. The number of carbonyl (C=O) groups is 1. The number of hydrazine groups is 1. The minimum atomic E-state index is -4.87. The molecule has 0 fully saturated rings. The maximum absolute atomic E-state index is 11.7. The monoisotopic (exact) mass is 193 g/mol. The summed E-state index contributed by atoms with van der Waals surface area (Å²) in [6, 6.07) is 0. The van der Waals surface area contributed by atoms with E-state index >= 15 is 0 Å². The molecule has 0 saturated carbocycles. The molecule has 4 nitrogen and oxygen atoms in total. The van der Waals surface area contributed by atoms with Crippen LogP contribution in [0.1, 0.15) is 0 Å². The van der Waals surface area contributed by atoms with E-state index in [1.165, 1.54) is 18.5 Å². The molecule has 7 heteroatoms. The number of amides is 1. The van der Waals surface area contributed by atoms with Gasteiger partial charge in [-0.3, -0.25) is 20.2 Å². The number of carbonyl (C=O) groups excluding carboxylic acids is 1. The van der Waals surface area contributed by atoms with Crippen molar-refractivity contribution >= 4 is 12.1 Å². The summed E-state index contributed by atoms with van der Waals surface area (Å²) in [5.41, 5.74) is 1.63. The van der Waals surface area contributed by atoms with E-state index in [4.69, 9.17) is 0 Å². The van der Waals surface area contributed by atoms with Crippen LogP contribution in [-0.2, 0) is 4.79 Å². The van der Waals surface area contributed by atoms with Crippen molar-refractivity contribution in [3.63, 3.8) is 0 Å². The lowest BCUT2D eigenvalue weighted by Crippen LogP contribution is -2.46. The summed E-state index contributed by atoms with van der Waals surface area (Å²) in [6.45, 7) is -0.0156. The number of rotatable bonds is 1. The van der Waals surface area contributed by atoms with Gasteiger partial charge in [-0.2, -0.15) is 13.2 Å². The van der Waals surface area contributed by atoms with E-state index in [1.807, 2.05) is 0 Å². The third kappa shape index (κ3) is 2.77. The van der Waals surface area contributed by atoms with Gasteiger partial charge in [-0.05, 0) is 6.08 Å². The third-order valence-corrected chi connectivity index (χ3v) is 1.19. The second-order valence-corrected chi connectivity index (χ2v) is 2.22. The number of aliphatic imine (C=N–C) groups is 1. The first-order valence-corrected chi connectivity index (χ1v) is 3.31. The van der Waals surface area contributed by atoms with E-state index in [0.717, 1.165) is 5.01 Å². The maximum atomic E-state index is 11.7. The number of halogens is 3. The zero-order valence-electron chi connectivity index (χ0n) is 6.38. The molecule has 1 heterocycles. The van der Waals surface area contributed by atoms with Crippen molar-refractivity contribution < 1.29 is 18.0 Å². The molecule has 0 aliphatic carbocycles. The first-order chi connectivity index (χ1) is 6.00. The lowest BCUT2D eigenvalue weighted by molar-refractivity contribution is -0.177. The van der Waals surface area contributed by atoms with Gasteiger partial charge in [0.2, 0.25) is 0 Å². The average Bonchev–Trinajstić information content (AvgIpc) is 2.04. The topological polar surface area (TPSA) is 44.7 Å². The van der Waals surface area contributed by atoms with E-state index in [0.29, 0.717) is 0 Å². The summed E-state index contributed by atoms with van der Waals surface area (Å²) in [6.07, 6.45) is -0.734. The molecule has 0 aromatic carbocycles. The van der Waals surface area contributed by atoms with Gasteiger partial charge < -0.3 is 0 Å². The van der Waals surface area contributed by atoms with E-state index in [-0.39, 0.29) is 6.67 Å².